The maximum absolute atomic E-state index is 5.80. The van der Waals surface area contributed by atoms with E-state index in [0.29, 0.717) is 6.10 Å². The minimum Gasteiger partial charge on any atom is -0.377 e. The van der Waals surface area contributed by atoms with Crippen LogP contribution in [0.3, 0.4) is 0 Å². The van der Waals surface area contributed by atoms with Crippen molar-refractivity contribution in [3.63, 3.8) is 0 Å². The zero-order valence-electron chi connectivity index (χ0n) is 9.71. The number of nitrogens with one attached hydrogen (secondary N) is 1. The van der Waals surface area contributed by atoms with Gasteiger partial charge in [-0.25, -0.2) is 0 Å². The summed E-state index contributed by atoms with van der Waals surface area (Å²) in [6, 6.07) is 0. The number of hydrogen-bond acceptors (Lipinski definition) is 3. The van der Waals surface area contributed by atoms with E-state index in [1.165, 1.54) is 64.8 Å². The summed E-state index contributed by atoms with van der Waals surface area (Å²) in [4.78, 5) is 2.59. The van der Waals surface area contributed by atoms with Gasteiger partial charge in [-0.1, -0.05) is 0 Å². The first-order valence-electron chi connectivity index (χ1n) is 6.50. The lowest BCUT2D eigenvalue weighted by Gasteiger charge is -2.31. The summed E-state index contributed by atoms with van der Waals surface area (Å²) in [5, 5.41) is 3.45. The highest BCUT2D eigenvalue weighted by molar-refractivity contribution is 4.71. The predicted octanol–water partition coefficient (Wildman–Crippen LogP) is 1.24. The molecule has 2 rings (SSSR count). The highest BCUT2D eigenvalue weighted by Crippen LogP contribution is 2.14. The molecule has 15 heavy (non-hydrogen) atoms. The van der Waals surface area contributed by atoms with Crippen molar-refractivity contribution in [3.8, 4) is 0 Å². The lowest BCUT2D eigenvalue weighted by molar-refractivity contribution is -0.00651. The molecule has 0 saturated carbocycles. The Morgan fingerprint density at radius 2 is 1.87 bits per heavy atom. The van der Waals surface area contributed by atoms with Crippen molar-refractivity contribution in [2.75, 3.05) is 39.3 Å². The van der Waals surface area contributed by atoms with Gasteiger partial charge in [0, 0.05) is 13.2 Å². The first-order valence-corrected chi connectivity index (χ1v) is 6.50. The van der Waals surface area contributed by atoms with Gasteiger partial charge >= 0.3 is 0 Å². The Morgan fingerprint density at radius 1 is 1.07 bits per heavy atom. The van der Waals surface area contributed by atoms with Gasteiger partial charge < -0.3 is 15.0 Å². The van der Waals surface area contributed by atoms with Crippen molar-refractivity contribution in [1.29, 1.82) is 0 Å². The fraction of sp³-hybridized carbons (Fsp3) is 1.00. The zero-order chi connectivity index (χ0) is 10.3. The number of hydrogen-bond donors (Lipinski definition) is 1. The topological polar surface area (TPSA) is 24.5 Å². The van der Waals surface area contributed by atoms with Crippen LogP contribution in [-0.4, -0.2) is 50.3 Å². The van der Waals surface area contributed by atoms with Crippen molar-refractivity contribution in [2.45, 2.75) is 38.2 Å². The monoisotopic (exact) mass is 212 g/mol. The standard InChI is InChI=1S/C12H24N2O/c1-2-10-15-12(5-1)11-14-8-3-6-13-7-4-9-14/h12-13H,1-11H2. The fourth-order valence-electron chi connectivity index (χ4n) is 2.51. The summed E-state index contributed by atoms with van der Waals surface area (Å²) < 4.78 is 5.80. The van der Waals surface area contributed by atoms with Crippen molar-refractivity contribution < 1.29 is 4.74 Å². The van der Waals surface area contributed by atoms with Crippen molar-refractivity contribution in [1.82, 2.24) is 10.2 Å². The van der Waals surface area contributed by atoms with Crippen LogP contribution in [0.15, 0.2) is 0 Å². The SMILES string of the molecule is C1CCC(CN2CCCNCCC2)OC1. The van der Waals surface area contributed by atoms with E-state index in [9.17, 15) is 0 Å². The van der Waals surface area contributed by atoms with Gasteiger partial charge in [-0.15, -0.1) is 0 Å². The van der Waals surface area contributed by atoms with E-state index < -0.39 is 0 Å². The third-order valence-corrected chi connectivity index (χ3v) is 3.39. The molecule has 0 aliphatic carbocycles. The van der Waals surface area contributed by atoms with E-state index in [4.69, 9.17) is 4.74 Å². The van der Waals surface area contributed by atoms with E-state index in [-0.39, 0.29) is 0 Å². The second-order valence-corrected chi connectivity index (χ2v) is 4.75. The van der Waals surface area contributed by atoms with Gasteiger partial charge in [0.2, 0.25) is 0 Å². The Morgan fingerprint density at radius 3 is 2.53 bits per heavy atom. The molecule has 2 aliphatic rings. The van der Waals surface area contributed by atoms with E-state index in [2.05, 4.69) is 10.2 Å². The molecule has 2 fully saturated rings. The fourth-order valence-corrected chi connectivity index (χ4v) is 2.51. The summed E-state index contributed by atoms with van der Waals surface area (Å²) in [5.41, 5.74) is 0. The van der Waals surface area contributed by atoms with Crippen LogP contribution in [-0.2, 0) is 4.74 Å². The molecule has 1 N–H and O–H groups in total. The maximum Gasteiger partial charge on any atom is 0.0702 e. The molecule has 3 heteroatoms. The Bertz CT molecular complexity index is 161. The second kappa shape index (κ2) is 6.46. The van der Waals surface area contributed by atoms with Gasteiger partial charge in [0.25, 0.3) is 0 Å². The van der Waals surface area contributed by atoms with Crippen LogP contribution in [0.2, 0.25) is 0 Å². The minimum absolute atomic E-state index is 0.520. The average molecular weight is 212 g/mol. The molecule has 1 unspecified atom stereocenters. The molecule has 0 bridgehead atoms. The zero-order valence-corrected chi connectivity index (χ0v) is 9.71. The normalized spacial score (nSPS) is 30.8. The second-order valence-electron chi connectivity index (χ2n) is 4.75. The minimum atomic E-state index is 0.520. The Labute approximate surface area is 93.2 Å². The number of ether oxygens (including phenoxy) is 1. The first kappa shape index (κ1) is 11.4. The third kappa shape index (κ3) is 4.09. The highest BCUT2D eigenvalue weighted by Gasteiger charge is 2.17. The Hall–Kier alpha value is -0.120. The van der Waals surface area contributed by atoms with E-state index in [0.717, 1.165) is 6.61 Å². The molecule has 0 radical (unpaired) electrons. The summed E-state index contributed by atoms with van der Waals surface area (Å²) >= 11 is 0. The molecule has 2 saturated heterocycles. The quantitative estimate of drug-likeness (QED) is 0.745. The van der Waals surface area contributed by atoms with E-state index in [1.807, 2.05) is 0 Å². The van der Waals surface area contributed by atoms with Crippen LogP contribution in [0, 0.1) is 0 Å². The molecule has 0 aromatic rings. The van der Waals surface area contributed by atoms with Gasteiger partial charge in [0.05, 0.1) is 6.10 Å². The lowest BCUT2D eigenvalue weighted by Crippen LogP contribution is -2.40. The lowest BCUT2D eigenvalue weighted by atomic mass is 10.1. The smallest absolute Gasteiger partial charge is 0.0702 e. The highest BCUT2D eigenvalue weighted by atomic mass is 16.5. The Balaban J connectivity index is 1.70. The maximum atomic E-state index is 5.80. The molecule has 2 aliphatic heterocycles. The molecule has 0 aromatic heterocycles. The van der Waals surface area contributed by atoms with Crippen LogP contribution in [0.4, 0.5) is 0 Å². The largest absolute Gasteiger partial charge is 0.377 e. The van der Waals surface area contributed by atoms with Crippen molar-refractivity contribution in [2.24, 2.45) is 0 Å². The van der Waals surface area contributed by atoms with Gasteiger partial charge in [0.1, 0.15) is 0 Å². The molecule has 2 heterocycles. The van der Waals surface area contributed by atoms with Crippen molar-refractivity contribution in [3.05, 3.63) is 0 Å². The summed E-state index contributed by atoms with van der Waals surface area (Å²) in [6.07, 6.45) is 6.99. The van der Waals surface area contributed by atoms with Gasteiger partial charge in [-0.2, -0.15) is 0 Å². The molecule has 0 spiro atoms. The van der Waals surface area contributed by atoms with Crippen LogP contribution in [0.5, 0.6) is 0 Å². The van der Waals surface area contributed by atoms with E-state index in [1.54, 1.807) is 0 Å². The molecule has 1 atom stereocenters. The van der Waals surface area contributed by atoms with Gasteiger partial charge in [0.15, 0.2) is 0 Å². The first-order chi connectivity index (χ1) is 7.45. The van der Waals surface area contributed by atoms with Gasteiger partial charge in [-0.05, 0) is 58.3 Å². The summed E-state index contributed by atoms with van der Waals surface area (Å²) in [6.45, 7) is 7.00. The predicted molar refractivity (Wildman–Crippen MR) is 62.1 cm³/mol. The molecule has 88 valence electrons. The molecule has 0 aromatic carbocycles. The number of rotatable bonds is 2. The summed E-state index contributed by atoms with van der Waals surface area (Å²) in [5.74, 6) is 0. The molecular formula is C12H24N2O. The average Bonchev–Trinajstić information content (AvgIpc) is 2.23. The molecule has 0 amide bonds. The van der Waals surface area contributed by atoms with Crippen LogP contribution >= 0.6 is 0 Å². The van der Waals surface area contributed by atoms with Crippen molar-refractivity contribution >= 4 is 0 Å². The van der Waals surface area contributed by atoms with Gasteiger partial charge in [-0.3, -0.25) is 0 Å². The molecular weight excluding hydrogens is 188 g/mol. The van der Waals surface area contributed by atoms with Crippen LogP contribution < -0.4 is 5.32 Å². The third-order valence-electron chi connectivity index (χ3n) is 3.39. The summed E-state index contributed by atoms with van der Waals surface area (Å²) in [7, 11) is 0. The van der Waals surface area contributed by atoms with Crippen LogP contribution in [0.1, 0.15) is 32.1 Å². The van der Waals surface area contributed by atoms with E-state index >= 15 is 0 Å². The Kier molecular flexibility index (Phi) is 4.90. The van der Waals surface area contributed by atoms with Crippen LogP contribution in [0.25, 0.3) is 0 Å². The molecule has 3 nitrogen and oxygen atoms in total. The number of nitrogens with zero attached hydrogens (tertiary/aromatic N) is 1.